The van der Waals surface area contributed by atoms with E-state index in [-0.39, 0.29) is 5.91 Å². The van der Waals surface area contributed by atoms with Crippen LogP contribution in [0.3, 0.4) is 0 Å². The van der Waals surface area contributed by atoms with Crippen LogP contribution in [-0.4, -0.2) is 25.5 Å². The molecule has 1 amide bonds. The maximum absolute atomic E-state index is 12.2. The topological polar surface area (TPSA) is 72.2 Å². The van der Waals surface area contributed by atoms with E-state index in [1.54, 1.807) is 29.2 Å². The molecule has 3 aromatic heterocycles. The number of carbonyl (C=O) groups excluding carboxylic acids is 1. The molecule has 0 bridgehead atoms. The number of nitrogens with zero attached hydrogens (tertiary/aromatic N) is 4. The molecule has 0 fully saturated rings. The van der Waals surface area contributed by atoms with Crippen molar-refractivity contribution >= 4 is 44.6 Å². The number of hydrogen-bond donors (Lipinski definition) is 1. The van der Waals surface area contributed by atoms with Crippen molar-refractivity contribution in [3.8, 4) is 0 Å². The predicted molar refractivity (Wildman–Crippen MR) is 77.9 cm³/mol. The molecular formula is C12H7BrClN5O. The Labute approximate surface area is 126 Å². The third kappa shape index (κ3) is 2.37. The Morgan fingerprint density at radius 3 is 3.00 bits per heavy atom. The van der Waals surface area contributed by atoms with Crippen molar-refractivity contribution < 1.29 is 4.79 Å². The standard InChI is InChI=1S/C12H7BrClN5O/c13-9-3-7(4-16-11(9)14)18-12(20)8-5-17-19-2-1-15-6-10(8)19/h1-6H,(H,18,20). The van der Waals surface area contributed by atoms with Gasteiger partial charge in [0.05, 0.1) is 39.8 Å². The van der Waals surface area contributed by atoms with Crippen LogP contribution in [0.2, 0.25) is 5.15 Å². The summed E-state index contributed by atoms with van der Waals surface area (Å²) in [6, 6.07) is 1.68. The van der Waals surface area contributed by atoms with Gasteiger partial charge in [-0.3, -0.25) is 9.78 Å². The van der Waals surface area contributed by atoms with E-state index < -0.39 is 0 Å². The summed E-state index contributed by atoms with van der Waals surface area (Å²) in [7, 11) is 0. The Bertz CT molecular complexity index is 803. The fourth-order valence-corrected chi connectivity index (χ4v) is 2.15. The van der Waals surface area contributed by atoms with Crippen molar-refractivity contribution in [2.45, 2.75) is 0 Å². The van der Waals surface area contributed by atoms with Gasteiger partial charge in [0.1, 0.15) is 5.15 Å². The van der Waals surface area contributed by atoms with Crippen molar-refractivity contribution in [3.63, 3.8) is 0 Å². The summed E-state index contributed by atoms with van der Waals surface area (Å²) < 4.78 is 2.19. The van der Waals surface area contributed by atoms with Crippen LogP contribution in [0.4, 0.5) is 5.69 Å². The lowest BCUT2D eigenvalue weighted by Gasteiger charge is -2.04. The minimum absolute atomic E-state index is 0.288. The second kappa shape index (κ2) is 5.18. The maximum atomic E-state index is 12.2. The minimum Gasteiger partial charge on any atom is -0.320 e. The lowest BCUT2D eigenvalue weighted by atomic mass is 10.2. The fraction of sp³-hybridized carbons (Fsp3) is 0. The first kappa shape index (κ1) is 13.0. The van der Waals surface area contributed by atoms with Crippen molar-refractivity contribution in [1.29, 1.82) is 0 Å². The molecule has 3 rings (SSSR count). The number of aromatic nitrogens is 4. The summed E-state index contributed by atoms with van der Waals surface area (Å²) in [5.74, 6) is -0.288. The molecule has 3 heterocycles. The lowest BCUT2D eigenvalue weighted by molar-refractivity contribution is 0.102. The summed E-state index contributed by atoms with van der Waals surface area (Å²) in [6.45, 7) is 0. The molecule has 0 aliphatic rings. The van der Waals surface area contributed by atoms with E-state index in [4.69, 9.17) is 11.6 Å². The number of carbonyl (C=O) groups is 1. The van der Waals surface area contributed by atoms with Crippen molar-refractivity contribution in [2.75, 3.05) is 5.32 Å². The largest absolute Gasteiger partial charge is 0.320 e. The zero-order valence-electron chi connectivity index (χ0n) is 9.92. The van der Waals surface area contributed by atoms with Crippen molar-refractivity contribution in [1.82, 2.24) is 19.6 Å². The number of nitrogens with one attached hydrogen (secondary N) is 1. The zero-order chi connectivity index (χ0) is 14.1. The second-order valence-corrected chi connectivity index (χ2v) is 5.13. The van der Waals surface area contributed by atoms with Crippen LogP contribution in [0.25, 0.3) is 5.52 Å². The third-order valence-corrected chi connectivity index (χ3v) is 3.76. The van der Waals surface area contributed by atoms with Crippen LogP contribution in [0.15, 0.2) is 41.5 Å². The predicted octanol–water partition coefficient (Wildman–Crippen LogP) is 2.79. The smallest absolute Gasteiger partial charge is 0.259 e. The first-order chi connectivity index (χ1) is 9.65. The molecular weight excluding hydrogens is 346 g/mol. The highest BCUT2D eigenvalue weighted by Crippen LogP contribution is 2.23. The number of amides is 1. The Hall–Kier alpha value is -1.99. The monoisotopic (exact) mass is 351 g/mol. The third-order valence-electron chi connectivity index (χ3n) is 2.62. The van der Waals surface area contributed by atoms with Gasteiger partial charge in [0.2, 0.25) is 0 Å². The van der Waals surface area contributed by atoms with Crippen molar-refractivity contribution in [2.24, 2.45) is 0 Å². The molecule has 1 N–H and O–H groups in total. The average Bonchev–Trinajstić information content (AvgIpc) is 2.87. The second-order valence-electron chi connectivity index (χ2n) is 3.92. The summed E-state index contributed by atoms with van der Waals surface area (Å²) >= 11 is 9.05. The van der Waals surface area contributed by atoms with Gasteiger partial charge in [-0.05, 0) is 22.0 Å². The molecule has 0 spiro atoms. The van der Waals surface area contributed by atoms with Crippen LogP contribution < -0.4 is 5.32 Å². The minimum atomic E-state index is -0.288. The summed E-state index contributed by atoms with van der Waals surface area (Å²) in [5.41, 5.74) is 1.60. The number of pyridine rings is 1. The van der Waals surface area contributed by atoms with Gasteiger partial charge in [0.25, 0.3) is 5.91 Å². The van der Waals surface area contributed by atoms with Crippen LogP contribution in [-0.2, 0) is 0 Å². The maximum Gasteiger partial charge on any atom is 0.259 e. The highest BCUT2D eigenvalue weighted by molar-refractivity contribution is 9.10. The molecule has 0 radical (unpaired) electrons. The van der Waals surface area contributed by atoms with Gasteiger partial charge in [0.15, 0.2) is 0 Å². The molecule has 0 saturated carbocycles. The first-order valence-corrected chi connectivity index (χ1v) is 6.72. The van der Waals surface area contributed by atoms with E-state index in [1.807, 2.05) is 0 Å². The molecule has 20 heavy (non-hydrogen) atoms. The van der Waals surface area contributed by atoms with Gasteiger partial charge in [-0.1, -0.05) is 11.6 Å². The van der Waals surface area contributed by atoms with E-state index in [9.17, 15) is 4.79 Å². The van der Waals surface area contributed by atoms with Gasteiger partial charge < -0.3 is 5.32 Å². The van der Waals surface area contributed by atoms with Gasteiger partial charge in [-0.25, -0.2) is 9.50 Å². The number of anilines is 1. The van der Waals surface area contributed by atoms with E-state index in [2.05, 4.69) is 36.3 Å². The fourth-order valence-electron chi connectivity index (χ4n) is 1.70. The zero-order valence-corrected chi connectivity index (χ0v) is 12.3. The SMILES string of the molecule is O=C(Nc1cnc(Cl)c(Br)c1)c1cnn2ccncc12. The quantitative estimate of drug-likeness (QED) is 0.720. The number of hydrogen-bond acceptors (Lipinski definition) is 4. The summed E-state index contributed by atoms with van der Waals surface area (Å²) in [4.78, 5) is 20.1. The Balaban J connectivity index is 1.91. The molecule has 8 heteroatoms. The Morgan fingerprint density at radius 2 is 2.20 bits per heavy atom. The van der Waals surface area contributed by atoms with Gasteiger partial charge in [-0.2, -0.15) is 5.10 Å². The normalized spacial score (nSPS) is 10.7. The summed E-state index contributed by atoms with van der Waals surface area (Å²) in [6.07, 6.45) is 7.83. The first-order valence-electron chi connectivity index (χ1n) is 5.55. The molecule has 0 aliphatic heterocycles. The molecule has 0 aliphatic carbocycles. The van der Waals surface area contributed by atoms with E-state index in [0.717, 1.165) is 0 Å². The van der Waals surface area contributed by atoms with Crippen LogP contribution >= 0.6 is 27.5 Å². The van der Waals surface area contributed by atoms with Crippen LogP contribution in [0.5, 0.6) is 0 Å². The number of fused-ring (bicyclic) bond motifs is 1. The number of halogens is 2. The van der Waals surface area contributed by atoms with Gasteiger partial charge >= 0.3 is 0 Å². The molecule has 0 unspecified atom stereocenters. The molecule has 100 valence electrons. The van der Waals surface area contributed by atoms with Crippen LogP contribution in [0.1, 0.15) is 10.4 Å². The van der Waals surface area contributed by atoms with Gasteiger partial charge in [0, 0.05) is 12.4 Å². The lowest BCUT2D eigenvalue weighted by Crippen LogP contribution is -2.11. The average molecular weight is 353 g/mol. The number of rotatable bonds is 2. The molecule has 6 nitrogen and oxygen atoms in total. The highest BCUT2D eigenvalue weighted by Gasteiger charge is 2.13. The van der Waals surface area contributed by atoms with E-state index in [0.29, 0.717) is 26.4 Å². The summed E-state index contributed by atoms with van der Waals surface area (Å²) in [5, 5.41) is 7.15. The van der Waals surface area contributed by atoms with E-state index >= 15 is 0 Å². The Kier molecular flexibility index (Phi) is 3.37. The highest BCUT2D eigenvalue weighted by atomic mass is 79.9. The molecule has 0 atom stereocenters. The van der Waals surface area contributed by atoms with Crippen molar-refractivity contribution in [3.05, 3.63) is 52.2 Å². The molecule has 0 saturated heterocycles. The van der Waals surface area contributed by atoms with Crippen LogP contribution in [0, 0.1) is 0 Å². The van der Waals surface area contributed by atoms with Gasteiger partial charge in [-0.15, -0.1) is 0 Å². The molecule has 0 aromatic carbocycles. The van der Waals surface area contributed by atoms with E-state index in [1.165, 1.54) is 12.4 Å². The molecule has 3 aromatic rings. The Morgan fingerprint density at radius 1 is 1.35 bits per heavy atom.